The Labute approximate surface area is 133 Å². The Morgan fingerprint density at radius 1 is 1.14 bits per heavy atom. The lowest BCUT2D eigenvalue weighted by Crippen LogP contribution is -2.30. The molecule has 1 unspecified atom stereocenters. The Hall–Kier alpha value is -1.71. The van der Waals surface area contributed by atoms with E-state index >= 15 is 0 Å². The number of benzene rings is 2. The van der Waals surface area contributed by atoms with Crippen LogP contribution in [0.2, 0.25) is 10.0 Å². The fraction of sp³-hybridized carbons (Fsp3) is 0.188. The van der Waals surface area contributed by atoms with E-state index in [1.807, 2.05) is 30.3 Å². The summed E-state index contributed by atoms with van der Waals surface area (Å²) >= 11 is 12.0. The minimum Gasteiger partial charge on any atom is -0.481 e. The third-order valence-electron chi connectivity index (χ3n) is 3.00. The predicted molar refractivity (Wildman–Crippen MR) is 86.4 cm³/mol. The molecule has 2 aromatic rings. The van der Waals surface area contributed by atoms with Crippen LogP contribution in [0.25, 0.3) is 0 Å². The van der Waals surface area contributed by atoms with E-state index in [-0.39, 0.29) is 5.91 Å². The topological polar surface area (TPSA) is 38.3 Å². The molecule has 0 spiro atoms. The van der Waals surface area contributed by atoms with Crippen LogP contribution in [0.4, 0.5) is 5.69 Å². The second-order valence-corrected chi connectivity index (χ2v) is 5.39. The van der Waals surface area contributed by atoms with Gasteiger partial charge in [-0.2, -0.15) is 0 Å². The highest BCUT2D eigenvalue weighted by Crippen LogP contribution is 2.32. The molecule has 0 bridgehead atoms. The van der Waals surface area contributed by atoms with Crippen molar-refractivity contribution in [3.63, 3.8) is 0 Å². The van der Waals surface area contributed by atoms with E-state index in [0.717, 1.165) is 5.69 Å². The molecule has 0 aliphatic carbocycles. The predicted octanol–water partition coefficient (Wildman–Crippen LogP) is 4.71. The largest absolute Gasteiger partial charge is 0.481 e. The SMILES string of the molecule is Cc1c(OC(C)C(=O)Nc2ccccc2)ccc(Cl)c1Cl. The van der Waals surface area contributed by atoms with Gasteiger partial charge in [0.15, 0.2) is 6.10 Å². The standard InChI is InChI=1S/C16H15Cl2NO2/c1-10-14(9-8-13(17)15(10)18)21-11(2)16(20)19-12-6-4-3-5-7-12/h3-9,11H,1-2H3,(H,19,20). The highest BCUT2D eigenvalue weighted by Gasteiger charge is 2.17. The van der Waals surface area contributed by atoms with Gasteiger partial charge in [0.05, 0.1) is 10.0 Å². The summed E-state index contributed by atoms with van der Waals surface area (Å²) in [5.74, 6) is 0.312. The van der Waals surface area contributed by atoms with Gasteiger partial charge in [-0.1, -0.05) is 41.4 Å². The number of carbonyl (C=O) groups excluding carboxylic acids is 1. The zero-order valence-corrected chi connectivity index (χ0v) is 13.2. The van der Waals surface area contributed by atoms with Crippen LogP contribution in [0.3, 0.4) is 0 Å². The Kier molecular flexibility index (Phi) is 5.10. The van der Waals surface area contributed by atoms with Crippen LogP contribution in [0.15, 0.2) is 42.5 Å². The third kappa shape index (κ3) is 3.90. The average Bonchev–Trinajstić information content (AvgIpc) is 2.48. The maximum atomic E-state index is 12.1. The average molecular weight is 324 g/mol. The van der Waals surface area contributed by atoms with E-state index in [9.17, 15) is 4.79 Å². The minimum absolute atomic E-state index is 0.230. The van der Waals surface area contributed by atoms with Crippen molar-refractivity contribution in [2.24, 2.45) is 0 Å². The molecule has 1 amide bonds. The molecule has 110 valence electrons. The Morgan fingerprint density at radius 3 is 2.48 bits per heavy atom. The lowest BCUT2D eigenvalue weighted by Gasteiger charge is -2.17. The first-order valence-corrected chi connectivity index (χ1v) is 7.22. The van der Waals surface area contributed by atoms with Crippen molar-refractivity contribution in [1.29, 1.82) is 0 Å². The van der Waals surface area contributed by atoms with Crippen LogP contribution in [0, 0.1) is 6.92 Å². The van der Waals surface area contributed by atoms with Crippen molar-refractivity contribution in [1.82, 2.24) is 0 Å². The highest BCUT2D eigenvalue weighted by molar-refractivity contribution is 6.42. The normalized spacial score (nSPS) is 11.8. The summed E-state index contributed by atoms with van der Waals surface area (Å²) in [6, 6.07) is 12.6. The molecule has 0 aliphatic heterocycles. The number of hydrogen-bond donors (Lipinski definition) is 1. The molecule has 2 aromatic carbocycles. The molecule has 0 aromatic heterocycles. The summed E-state index contributed by atoms with van der Waals surface area (Å²) in [5, 5.41) is 3.68. The molecule has 0 radical (unpaired) electrons. The van der Waals surface area contributed by atoms with Crippen LogP contribution in [-0.4, -0.2) is 12.0 Å². The van der Waals surface area contributed by atoms with E-state index in [4.69, 9.17) is 27.9 Å². The summed E-state index contributed by atoms with van der Waals surface area (Å²) < 4.78 is 5.66. The third-order valence-corrected chi connectivity index (χ3v) is 3.90. The molecular weight excluding hydrogens is 309 g/mol. The molecule has 21 heavy (non-hydrogen) atoms. The zero-order chi connectivity index (χ0) is 15.4. The Balaban J connectivity index is 2.06. The molecule has 1 N–H and O–H groups in total. The first-order valence-electron chi connectivity index (χ1n) is 6.46. The maximum absolute atomic E-state index is 12.1. The quantitative estimate of drug-likeness (QED) is 0.885. The molecule has 0 saturated carbocycles. The smallest absolute Gasteiger partial charge is 0.265 e. The second kappa shape index (κ2) is 6.83. The molecule has 0 saturated heterocycles. The van der Waals surface area contributed by atoms with Crippen molar-refractivity contribution in [3.05, 3.63) is 58.1 Å². The number of nitrogens with one attached hydrogen (secondary N) is 1. The number of ether oxygens (including phenoxy) is 1. The van der Waals surface area contributed by atoms with Gasteiger partial charge in [-0.15, -0.1) is 0 Å². The molecule has 5 heteroatoms. The Morgan fingerprint density at radius 2 is 1.81 bits per heavy atom. The lowest BCUT2D eigenvalue weighted by atomic mass is 10.2. The van der Waals surface area contributed by atoms with E-state index in [2.05, 4.69) is 5.32 Å². The van der Waals surface area contributed by atoms with Gasteiger partial charge in [0.1, 0.15) is 5.75 Å². The summed E-state index contributed by atoms with van der Waals surface area (Å²) in [5.41, 5.74) is 1.44. The highest BCUT2D eigenvalue weighted by atomic mass is 35.5. The second-order valence-electron chi connectivity index (χ2n) is 4.60. The first kappa shape index (κ1) is 15.7. The van der Waals surface area contributed by atoms with Crippen LogP contribution in [-0.2, 0) is 4.79 Å². The van der Waals surface area contributed by atoms with Crippen molar-refractivity contribution >= 4 is 34.8 Å². The van der Waals surface area contributed by atoms with Gasteiger partial charge in [-0.25, -0.2) is 0 Å². The number of para-hydroxylation sites is 1. The van der Waals surface area contributed by atoms with E-state index < -0.39 is 6.10 Å². The molecular formula is C16H15Cl2NO2. The first-order chi connectivity index (χ1) is 9.99. The fourth-order valence-electron chi connectivity index (χ4n) is 1.77. The Bertz CT molecular complexity index is 644. The maximum Gasteiger partial charge on any atom is 0.265 e. The van der Waals surface area contributed by atoms with Crippen molar-refractivity contribution in [2.75, 3.05) is 5.32 Å². The van der Waals surface area contributed by atoms with Crippen LogP contribution in [0.5, 0.6) is 5.75 Å². The van der Waals surface area contributed by atoms with Gasteiger partial charge >= 0.3 is 0 Å². The lowest BCUT2D eigenvalue weighted by molar-refractivity contribution is -0.122. The van der Waals surface area contributed by atoms with Crippen molar-refractivity contribution in [2.45, 2.75) is 20.0 Å². The monoisotopic (exact) mass is 323 g/mol. The summed E-state index contributed by atoms with van der Waals surface area (Å²) in [6.07, 6.45) is -0.652. The summed E-state index contributed by atoms with van der Waals surface area (Å²) in [4.78, 5) is 12.1. The van der Waals surface area contributed by atoms with E-state index in [1.54, 1.807) is 26.0 Å². The number of rotatable bonds is 4. The van der Waals surface area contributed by atoms with Gasteiger partial charge in [0.2, 0.25) is 0 Å². The number of carbonyl (C=O) groups is 1. The molecule has 0 heterocycles. The summed E-state index contributed by atoms with van der Waals surface area (Å²) in [7, 11) is 0. The zero-order valence-electron chi connectivity index (χ0n) is 11.7. The number of amides is 1. The fourth-order valence-corrected chi connectivity index (χ4v) is 2.13. The van der Waals surface area contributed by atoms with Crippen LogP contribution < -0.4 is 10.1 Å². The van der Waals surface area contributed by atoms with Crippen LogP contribution in [0.1, 0.15) is 12.5 Å². The van der Waals surface area contributed by atoms with Gasteiger partial charge in [0, 0.05) is 11.3 Å². The van der Waals surface area contributed by atoms with Crippen LogP contribution >= 0.6 is 23.2 Å². The van der Waals surface area contributed by atoms with Gasteiger partial charge in [-0.05, 0) is 38.1 Å². The number of anilines is 1. The van der Waals surface area contributed by atoms with Gasteiger partial charge < -0.3 is 10.1 Å². The van der Waals surface area contributed by atoms with E-state index in [1.165, 1.54) is 0 Å². The molecule has 2 rings (SSSR count). The van der Waals surface area contributed by atoms with Gasteiger partial charge in [0.25, 0.3) is 5.91 Å². The minimum atomic E-state index is -0.652. The summed E-state index contributed by atoms with van der Waals surface area (Å²) in [6.45, 7) is 3.48. The van der Waals surface area contributed by atoms with Crippen molar-refractivity contribution < 1.29 is 9.53 Å². The van der Waals surface area contributed by atoms with Gasteiger partial charge in [-0.3, -0.25) is 4.79 Å². The molecule has 1 atom stereocenters. The molecule has 0 aliphatic rings. The number of hydrogen-bond acceptors (Lipinski definition) is 2. The number of halogens is 2. The molecule has 0 fully saturated rings. The van der Waals surface area contributed by atoms with E-state index in [0.29, 0.717) is 21.4 Å². The van der Waals surface area contributed by atoms with Crippen molar-refractivity contribution in [3.8, 4) is 5.75 Å². The molecule has 3 nitrogen and oxygen atoms in total.